The van der Waals surface area contributed by atoms with Crippen molar-refractivity contribution < 1.29 is 14.3 Å². The third-order valence-electron chi connectivity index (χ3n) is 2.88. The van der Waals surface area contributed by atoms with Crippen molar-refractivity contribution in [2.75, 3.05) is 32.5 Å². The lowest BCUT2D eigenvalue weighted by Crippen LogP contribution is -2.33. The van der Waals surface area contributed by atoms with E-state index in [-0.39, 0.29) is 18.5 Å². The van der Waals surface area contributed by atoms with E-state index in [1.807, 2.05) is 12.1 Å². The van der Waals surface area contributed by atoms with Crippen molar-refractivity contribution in [3.63, 3.8) is 0 Å². The van der Waals surface area contributed by atoms with Gasteiger partial charge in [-0.2, -0.15) is 0 Å². The summed E-state index contributed by atoms with van der Waals surface area (Å²) in [7, 11) is 1.61. The molecular weight excluding hydrogens is 246 g/mol. The summed E-state index contributed by atoms with van der Waals surface area (Å²) >= 11 is 0. The highest BCUT2D eigenvalue weighted by molar-refractivity contribution is 6.01. The first-order valence-electron chi connectivity index (χ1n) is 6.12. The van der Waals surface area contributed by atoms with Gasteiger partial charge in [0.15, 0.2) is 0 Å². The third kappa shape index (κ3) is 3.15. The average molecular weight is 263 g/mol. The Bertz CT molecular complexity index is 490. The van der Waals surface area contributed by atoms with Crippen LogP contribution in [0.3, 0.4) is 0 Å². The molecule has 0 aliphatic carbocycles. The van der Waals surface area contributed by atoms with E-state index in [2.05, 4.69) is 0 Å². The molecule has 102 valence electrons. The molecule has 0 aromatic heterocycles. The van der Waals surface area contributed by atoms with Crippen molar-refractivity contribution in [1.29, 1.82) is 0 Å². The number of likely N-dealkylation sites (N-methyl/N-ethyl adjacent to an activating group) is 1. The molecule has 0 radical (unpaired) electrons. The second kappa shape index (κ2) is 5.60. The van der Waals surface area contributed by atoms with Crippen molar-refractivity contribution >= 4 is 17.6 Å². The topological polar surface area (TPSA) is 75.9 Å². The molecule has 2 rings (SSSR count). The van der Waals surface area contributed by atoms with Crippen LogP contribution >= 0.6 is 0 Å². The van der Waals surface area contributed by atoms with Crippen LogP contribution in [0.1, 0.15) is 6.42 Å². The van der Waals surface area contributed by atoms with Gasteiger partial charge in [-0.3, -0.25) is 9.69 Å². The lowest BCUT2D eigenvalue weighted by atomic mass is 10.3. The molecule has 1 aromatic rings. The van der Waals surface area contributed by atoms with E-state index in [4.69, 9.17) is 10.5 Å². The Balaban J connectivity index is 1.75. The van der Waals surface area contributed by atoms with Gasteiger partial charge in [0, 0.05) is 25.3 Å². The Labute approximate surface area is 111 Å². The van der Waals surface area contributed by atoms with E-state index in [0.717, 1.165) is 0 Å². The molecule has 1 heterocycles. The summed E-state index contributed by atoms with van der Waals surface area (Å²) in [5.41, 5.74) is 6.27. The molecular formula is C13H17N3O3. The first-order valence-corrected chi connectivity index (χ1v) is 6.12. The molecule has 1 fully saturated rings. The minimum atomic E-state index is -0.242. The van der Waals surface area contributed by atoms with Crippen LogP contribution < -0.4 is 10.5 Å². The smallest absolute Gasteiger partial charge is 0.326 e. The third-order valence-corrected chi connectivity index (χ3v) is 2.88. The Morgan fingerprint density at radius 3 is 2.79 bits per heavy atom. The van der Waals surface area contributed by atoms with Gasteiger partial charge in [0.1, 0.15) is 12.3 Å². The maximum Gasteiger partial charge on any atom is 0.326 e. The zero-order valence-corrected chi connectivity index (χ0v) is 10.8. The second-order valence-electron chi connectivity index (χ2n) is 4.46. The number of carbonyl (C=O) groups excluding carboxylic acids is 2. The number of nitrogens with zero attached hydrogens (tertiary/aromatic N) is 2. The number of urea groups is 1. The van der Waals surface area contributed by atoms with Crippen molar-refractivity contribution in [2.45, 2.75) is 6.42 Å². The maximum atomic E-state index is 11.6. The molecule has 2 N–H and O–H groups in total. The van der Waals surface area contributed by atoms with Crippen molar-refractivity contribution in [2.24, 2.45) is 0 Å². The van der Waals surface area contributed by atoms with Crippen LogP contribution in [0.15, 0.2) is 24.3 Å². The number of nitrogens with two attached hydrogens (primary N) is 1. The van der Waals surface area contributed by atoms with Gasteiger partial charge in [-0.25, -0.2) is 4.79 Å². The Hall–Kier alpha value is -2.24. The maximum absolute atomic E-state index is 11.6. The number of hydrogen-bond acceptors (Lipinski definition) is 4. The monoisotopic (exact) mass is 263 g/mol. The summed E-state index contributed by atoms with van der Waals surface area (Å²) < 4.78 is 5.50. The molecule has 6 nitrogen and oxygen atoms in total. The first kappa shape index (κ1) is 13.2. The van der Waals surface area contributed by atoms with Crippen molar-refractivity contribution in [1.82, 2.24) is 9.80 Å². The molecule has 0 unspecified atom stereocenters. The predicted molar refractivity (Wildman–Crippen MR) is 70.7 cm³/mol. The van der Waals surface area contributed by atoms with E-state index in [1.54, 1.807) is 19.2 Å². The number of carbonyl (C=O) groups is 2. The van der Waals surface area contributed by atoms with Gasteiger partial charge < -0.3 is 15.4 Å². The van der Waals surface area contributed by atoms with Crippen LogP contribution in [-0.2, 0) is 4.79 Å². The normalized spacial score (nSPS) is 15.2. The second-order valence-corrected chi connectivity index (χ2v) is 4.46. The Kier molecular flexibility index (Phi) is 3.89. The number of anilines is 1. The molecule has 6 heteroatoms. The number of amides is 3. The Morgan fingerprint density at radius 2 is 2.16 bits per heavy atom. The van der Waals surface area contributed by atoms with Crippen LogP contribution in [0.4, 0.5) is 10.5 Å². The number of nitrogen functional groups attached to an aromatic ring is 1. The standard InChI is InChI=1S/C13H17N3O3/c1-15-9-12(17)16(13(15)18)6-3-7-19-11-5-2-4-10(14)8-11/h2,4-5,8H,3,6-7,9,14H2,1H3. The van der Waals surface area contributed by atoms with Gasteiger partial charge in [0.2, 0.25) is 5.91 Å². The van der Waals surface area contributed by atoms with E-state index in [9.17, 15) is 9.59 Å². The van der Waals surface area contributed by atoms with Crippen LogP contribution in [0.25, 0.3) is 0 Å². The predicted octanol–water partition coefficient (Wildman–Crippen LogP) is 0.932. The molecule has 1 aromatic carbocycles. The average Bonchev–Trinajstić information content (AvgIpc) is 2.60. The number of rotatable bonds is 5. The summed E-state index contributed by atoms with van der Waals surface area (Å²) in [5, 5.41) is 0. The van der Waals surface area contributed by atoms with Crippen molar-refractivity contribution in [3.05, 3.63) is 24.3 Å². The fourth-order valence-electron chi connectivity index (χ4n) is 1.91. The van der Waals surface area contributed by atoms with Crippen LogP contribution in [-0.4, -0.2) is 48.5 Å². The van der Waals surface area contributed by atoms with Gasteiger partial charge in [-0.1, -0.05) is 6.07 Å². The SMILES string of the molecule is CN1CC(=O)N(CCCOc2cccc(N)c2)C1=O. The molecule has 1 aliphatic rings. The van der Waals surface area contributed by atoms with Gasteiger partial charge >= 0.3 is 6.03 Å². The highest BCUT2D eigenvalue weighted by Gasteiger charge is 2.32. The Morgan fingerprint density at radius 1 is 1.37 bits per heavy atom. The van der Waals surface area contributed by atoms with Crippen molar-refractivity contribution in [3.8, 4) is 5.75 Å². The zero-order chi connectivity index (χ0) is 13.8. The summed E-state index contributed by atoms with van der Waals surface area (Å²) in [6.45, 7) is 0.976. The van der Waals surface area contributed by atoms with Gasteiger partial charge in [-0.05, 0) is 18.6 Å². The summed E-state index contributed by atoms with van der Waals surface area (Å²) in [6, 6.07) is 6.90. The summed E-state index contributed by atoms with van der Waals surface area (Å²) in [5.74, 6) is 0.535. The van der Waals surface area contributed by atoms with Gasteiger partial charge in [0.25, 0.3) is 0 Å². The van der Waals surface area contributed by atoms with Gasteiger partial charge in [0.05, 0.1) is 6.61 Å². The molecule has 0 atom stereocenters. The lowest BCUT2D eigenvalue weighted by Gasteiger charge is -2.14. The van der Waals surface area contributed by atoms with Gasteiger partial charge in [-0.15, -0.1) is 0 Å². The first-order chi connectivity index (χ1) is 9.08. The molecule has 3 amide bonds. The minimum Gasteiger partial charge on any atom is -0.493 e. The highest BCUT2D eigenvalue weighted by Crippen LogP contribution is 2.15. The minimum absolute atomic E-state index is 0.156. The van der Waals surface area contributed by atoms with Crippen LogP contribution in [0.2, 0.25) is 0 Å². The highest BCUT2D eigenvalue weighted by atomic mass is 16.5. The molecule has 1 saturated heterocycles. The zero-order valence-electron chi connectivity index (χ0n) is 10.8. The fraction of sp³-hybridized carbons (Fsp3) is 0.385. The molecule has 0 bridgehead atoms. The van der Waals surface area contributed by atoms with Crippen LogP contribution in [0, 0.1) is 0 Å². The molecule has 0 saturated carbocycles. The van der Waals surface area contributed by atoms with E-state index in [1.165, 1.54) is 9.80 Å². The largest absolute Gasteiger partial charge is 0.493 e. The molecule has 0 spiro atoms. The number of hydrogen-bond donors (Lipinski definition) is 1. The van der Waals surface area contributed by atoms with E-state index in [0.29, 0.717) is 31.0 Å². The molecule has 1 aliphatic heterocycles. The summed E-state index contributed by atoms with van der Waals surface area (Å²) in [4.78, 5) is 25.8. The number of imide groups is 1. The quantitative estimate of drug-likeness (QED) is 0.487. The fourth-order valence-corrected chi connectivity index (χ4v) is 1.91. The lowest BCUT2D eigenvalue weighted by molar-refractivity contribution is -0.125. The number of benzene rings is 1. The molecule has 19 heavy (non-hydrogen) atoms. The summed E-state index contributed by atoms with van der Waals surface area (Å²) in [6.07, 6.45) is 0.597. The van der Waals surface area contributed by atoms with Crippen LogP contribution in [0.5, 0.6) is 5.75 Å². The number of ether oxygens (including phenoxy) is 1. The van der Waals surface area contributed by atoms with E-state index >= 15 is 0 Å². The van der Waals surface area contributed by atoms with E-state index < -0.39 is 0 Å².